The van der Waals surface area contributed by atoms with Crippen molar-refractivity contribution >= 4 is 39.1 Å². The first-order chi connectivity index (χ1) is 23.5. The maximum absolute atomic E-state index is 7.65. The maximum atomic E-state index is 7.65. The zero-order valence-corrected chi connectivity index (χ0v) is 27.6. The molecular weight excluding hydrogens is 592 g/mol. The molecule has 1 saturated heterocycles. The number of nitrogens with one attached hydrogen (secondary N) is 2. The molecule has 3 heterocycles. The Labute approximate surface area is 282 Å². The van der Waals surface area contributed by atoms with Gasteiger partial charge in [-0.25, -0.2) is 9.97 Å². The van der Waals surface area contributed by atoms with Gasteiger partial charge in [0.2, 0.25) is 0 Å². The van der Waals surface area contributed by atoms with E-state index in [9.17, 15) is 0 Å². The Morgan fingerprint density at radius 3 is 2.50 bits per heavy atom. The van der Waals surface area contributed by atoms with Crippen LogP contribution in [0.2, 0.25) is 0 Å². The molecule has 0 radical (unpaired) electrons. The third-order valence-corrected chi connectivity index (χ3v) is 9.76. The van der Waals surface area contributed by atoms with Gasteiger partial charge in [0.25, 0.3) is 0 Å². The summed E-state index contributed by atoms with van der Waals surface area (Å²) in [6, 6.07) is 36.6. The summed E-state index contributed by atoms with van der Waals surface area (Å²) in [4.78, 5) is 14.7. The Morgan fingerprint density at radius 1 is 0.917 bits per heavy atom. The molecule has 4 N–H and O–H groups in total. The van der Waals surface area contributed by atoms with Crippen LogP contribution in [0.25, 0.3) is 21.8 Å². The summed E-state index contributed by atoms with van der Waals surface area (Å²) in [5.41, 5.74) is 12.3. The van der Waals surface area contributed by atoms with Gasteiger partial charge in [0.1, 0.15) is 17.5 Å². The molecule has 8 heteroatoms. The van der Waals surface area contributed by atoms with Crippen LogP contribution in [0.1, 0.15) is 35.4 Å². The molecule has 0 unspecified atom stereocenters. The molecule has 0 saturated carbocycles. The molecule has 7 rings (SSSR count). The highest BCUT2D eigenvalue weighted by molar-refractivity contribution is 5.94. The van der Waals surface area contributed by atoms with E-state index in [2.05, 4.69) is 105 Å². The lowest BCUT2D eigenvalue weighted by atomic mass is 10.0. The number of benzene rings is 4. The topological polar surface area (TPSA) is 99.1 Å². The van der Waals surface area contributed by atoms with Gasteiger partial charge >= 0.3 is 0 Å². The van der Waals surface area contributed by atoms with Crippen LogP contribution in [-0.4, -0.2) is 57.5 Å². The molecule has 48 heavy (non-hydrogen) atoms. The SMILES string of the molecule is Cn1c(CCc2ccc(C(=N)N)cc2)nc2cc(N(CCN3CCC(Nc4ccccn4)CC3)Cc3cccc4ccccc34)ccc21. The maximum Gasteiger partial charge on any atom is 0.126 e. The first-order valence-electron chi connectivity index (χ1n) is 17.0. The van der Waals surface area contributed by atoms with Crippen molar-refractivity contribution in [3.63, 3.8) is 0 Å². The second-order valence-corrected chi connectivity index (χ2v) is 12.9. The summed E-state index contributed by atoms with van der Waals surface area (Å²) in [6.45, 7) is 4.93. The summed E-state index contributed by atoms with van der Waals surface area (Å²) < 4.78 is 2.22. The van der Waals surface area contributed by atoms with Gasteiger partial charge in [0.15, 0.2) is 0 Å². The number of aryl methyl sites for hydroxylation is 3. The van der Waals surface area contributed by atoms with Crippen molar-refractivity contribution in [1.82, 2.24) is 19.4 Å². The highest BCUT2D eigenvalue weighted by Gasteiger charge is 2.21. The summed E-state index contributed by atoms with van der Waals surface area (Å²) in [6.07, 6.45) is 5.80. The van der Waals surface area contributed by atoms with Crippen LogP contribution in [0.15, 0.2) is 109 Å². The van der Waals surface area contributed by atoms with Gasteiger partial charge in [0, 0.05) is 69.7 Å². The van der Waals surface area contributed by atoms with Crippen LogP contribution < -0.4 is 16.0 Å². The van der Waals surface area contributed by atoms with E-state index in [1.807, 2.05) is 36.5 Å². The van der Waals surface area contributed by atoms with Crippen molar-refractivity contribution in [3.8, 4) is 0 Å². The molecular formula is C40H44N8. The lowest BCUT2D eigenvalue weighted by molar-refractivity contribution is 0.223. The average Bonchev–Trinajstić information content (AvgIpc) is 3.44. The number of nitrogens with zero attached hydrogens (tertiary/aromatic N) is 5. The van der Waals surface area contributed by atoms with E-state index in [-0.39, 0.29) is 5.84 Å². The standard InChI is InChI=1S/C40H44N8/c1-46-37-18-17-34(27-36(37)45-39(46)19-14-29-12-15-31(16-13-29)40(41)42)48(28-32-9-6-8-30-7-2-3-10-35(30)32)26-25-47-23-20-33(21-24-47)44-38-11-4-5-22-43-38/h2-13,15-18,22,27,33H,14,19-21,23-26,28H2,1H3,(H3,41,42)(H,43,44). The Hall–Kier alpha value is -5.21. The van der Waals surface area contributed by atoms with Crippen LogP contribution in [0.4, 0.5) is 11.5 Å². The monoisotopic (exact) mass is 636 g/mol. The van der Waals surface area contributed by atoms with Gasteiger partial charge in [-0.05, 0) is 71.5 Å². The summed E-state index contributed by atoms with van der Waals surface area (Å²) in [7, 11) is 2.11. The zero-order valence-electron chi connectivity index (χ0n) is 27.6. The van der Waals surface area contributed by atoms with Crippen LogP contribution >= 0.6 is 0 Å². The van der Waals surface area contributed by atoms with Crippen molar-refractivity contribution in [1.29, 1.82) is 5.41 Å². The van der Waals surface area contributed by atoms with Gasteiger partial charge < -0.3 is 25.4 Å². The molecule has 1 aliphatic rings. The molecule has 0 aliphatic carbocycles. The number of amidine groups is 1. The molecule has 1 fully saturated rings. The number of fused-ring (bicyclic) bond motifs is 2. The summed E-state index contributed by atoms with van der Waals surface area (Å²) >= 11 is 0. The second-order valence-electron chi connectivity index (χ2n) is 12.9. The van der Waals surface area contributed by atoms with Gasteiger partial charge in [-0.2, -0.15) is 0 Å². The smallest absolute Gasteiger partial charge is 0.126 e. The summed E-state index contributed by atoms with van der Waals surface area (Å²) in [5.74, 6) is 2.13. The molecule has 0 bridgehead atoms. The largest absolute Gasteiger partial charge is 0.384 e. The number of likely N-dealkylation sites (tertiary alicyclic amines) is 1. The quantitative estimate of drug-likeness (QED) is 0.101. The Kier molecular flexibility index (Phi) is 9.34. The number of hydrogen-bond acceptors (Lipinski definition) is 6. The van der Waals surface area contributed by atoms with Crippen molar-refractivity contribution in [2.75, 3.05) is 36.4 Å². The van der Waals surface area contributed by atoms with Crippen molar-refractivity contribution in [3.05, 3.63) is 132 Å². The van der Waals surface area contributed by atoms with E-state index in [0.717, 1.165) is 86.6 Å². The molecule has 2 aromatic heterocycles. The van der Waals surface area contributed by atoms with Gasteiger partial charge in [0.05, 0.1) is 11.0 Å². The normalized spacial score (nSPS) is 14.0. The van der Waals surface area contributed by atoms with E-state index >= 15 is 0 Å². The van der Waals surface area contributed by atoms with Crippen molar-refractivity contribution in [2.24, 2.45) is 12.8 Å². The number of hydrogen-bond donors (Lipinski definition) is 3. The second kappa shape index (κ2) is 14.3. The molecule has 0 spiro atoms. The first kappa shape index (κ1) is 31.4. The van der Waals surface area contributed by atoms with E-state index in [4.69, 9.17) is 16.1 Å². The number of aromatic nitrogens is 3. The van der Waals surface area contributed by atoms with Crippen LogP contribution in [0.5, 0.6) is 0 Å². The minimum Gasteiger partial charge on any atom is -0.384 e. The molecule has 0 amide bonds. The zero-order chi connectivity index (χ0) is 32.9. The van der Waals surface area contributed by atoms with Crippen LogP contribution in [0.3, 0.4) is 0 Å². The average molecular weight is 637 g/mol. The minimum absolute atomic E-state index is 0.0978. The molecule has 8 nitrogen and oxygen atoms in total. The van der Waals surface area contributed by atoms with E-state index in [0.29, 0.717) is 6.04 Å². The highest BCUT2D eigenvalue weighted by Crippen LogP contribution is 2.27. The fourth-order valence-corrected chi connectivity index (χ4v) is 6.92. The number of rotatable bonds is 12. The van der Waals surface area contributed by atoms with Gasteiger partial charge in [-0.3, -0.25) is 5.41 Å². The Morgan fingerprint density at radius 2 is 1.71 bits per heavy atom. The van der Waals surface area contributed by atoms with E-state index in [1.54, 1.807) is 0 Å². The van der Waals surface area contributed by atoms with E-state index in [1.165, 1.54) is 27.6 Å². The van der Waals surface area contributed by atoms with Crippen LogP contribution in [-0.2, 0) is 26.4 Å². The first-order valence-corrected chi connectivity index (χ1v) is 17.0. The molecule has 4 aromatic carbocycles. The minimum atomic E-state index is 0.0978. The van der Waals surface area contributed by atoms with Crippen LogP contribution in [0, 0.1) is 5.41 Å². The van der Waals surface area contributed by atoms with E-state index < -0.39 is 0 Å². The number of nitrogens with two attached hydrogens (primary N) is 1. The number of anilines is 2. The molecule has 6 aromatic rings. The highest BCUT2D eigenvalue weighted by atomic mass is 15.2. The fourth-order valence-electron chi connectivity index (χ4n) is 6.92. The predicted molar refractivity (Wildman–Crippen MR) is 198 cm³/mol. The van der Waals surface area contributed by atoms with Gasteiger partial charge in [-0.1, -0.05) is 72.8 Å². The molecule has 0 atom stereocenters. The lowest BCUT2D eigenvalue weighted by Gasteiger charge is -2.35. The predicted octanol–water partition coefficient (Wildman–Crippen LogP) is 6.77. The molecule has 244 valence electrons. The number of imidazole rings is 1. The number of nitrogen functional groups attached to an aromatic ring is 1. The Balaban J connectivity index is 1.08. The number of piperidine rings is 1. The lowest BCUT2D eigenvalue weighted by Crippen LogP contribution is -2.42. The Bertz CT molecular complexity index is 1990. The molecule has 1 aliphatic heterocycles. The third kappa shape index (κ3) is 7.19. The number of pyridine rings is 1. The van der Waals surface area contributed by atoms with Crippen molar-refractivity contribution < 1.29 is 0 Å². The third-order valence-electron chi connectivity index (χ3n) is 9.76. The van der Waals surface area contributed by atoms with Crippen molar-refractivity contribution in [2.45, 2.75) is 38.3 Å². The van der Waals surface area contributed by atoms with Gasteiger partial charge in [-0.15, -0.1) is 0 Å². The fraction of sp³-hybridized carbons (Fsp3) is 0.275. The summed E-state index contributed by atoms with van der Waals surface area (Å²) in [5, 5.41) is 13.9.